The summed E-state index contributed by atoms with van der Waals surface area (Å²) in [7, 11) is 3.51. The van der Waals surface area contributed by atoms with Crippen LogP contribution in [-0.4, -0.2) is 31.4 Å². The molecule has 0 bridgehead atoms. The van der Waals surface area contributed by atoms with Gasteiger partial charge >= 0.3 is 7.68 Å². The molecule has 0 aromatic heterocycles. The maximum Gasteiger partial charge on any atom is 0.375 e. The number of hydrogen-bond acceptors (Lipinski definition) is 2. The molecule has 0 spiro atoms. The van der Waals surface area contributed by atoms with Gasteiger partial charge in [0, 0.05) is 6.42 Å². The number of nitrogens with zero attached hydrogens (tertiary/aromatic N) is 1. The molecule has 190 valence electrons. The van der Waals surface area contributed by atoms with Gasteiger partial charge < -0.3 is 4.48 Å². The fraction of sp³-hybridized carbons (Fsp3) is 0.929. The zero-order chi connectivity index (χ0) is 23.9. The number of hydrogen-bond donors (Lipinski definition) is 0. The minimum Gasteiger partial charge on any atom is -0.317 e. The normalized spacial score (nSPS) is 13.1. The van der Waals surface area contributed by atoms with E-state index in [9.17, 15) is 9.13 Å². The second-order valence-corrected chi connectivity index (χ2v) is 11.9. The molecule has 32 heavy (non-hydrogen) atoms. The van der Waals surface area contributed by atoms with Gasteiger partial charge in [-0.25, -0.2) is 9.13 Å². The van der Waals surface area contributed by atoms with Gasteiger partial charge in [0.05, 0.1) is 21.1 Å². The Kier molecular flexibility index (Phi) is 22.1. The molecule has 0 N–H and O–H groups in total. The van der Waals surface area contributed by atoms with Gasteiger partial charge in [-0.15, -0.1) is 0 Å². The summed E-state index contributed by atoms with van der Waals surface area (Å²) in [5.41, 5.74) is 0. The highest BCUT2D eigenvalue weighted by Crippen LogP contribution is 2.26. The van der Waals surface area contributed by atoms with Crippen LogP contribution in [-0.2, 0) is 9.13 Å². The Morgan fingerprint density at radius 3 is 1.25 bits per heavy atom. The first-order chi connectivity index (χ1) is 15.4. The maximum absolute atomic E-state index is 11.4. The van der Waals surface area contributed by atoms with E-state index in [4.69, 9.17) is 0 Å². The first-order valence-corrected chi connectivity index (χ1v) is 15.2. The SMILES string of the molecule is CCCCCCCCCCCCCCCCCCCCC=CCCC(P(=O)=O)[N+](C)(C)C. The number of quaternary nitrogens is 1. The largest absolute Gasteiger partial charge is 0.375 e. The Hall–Kier alpha value is -0.400. The van der Waals surface area contributed by atoms with Gasteiger partial charge in [0.15, 0.2) is 5.78 Å². The highest BCUT2D eigenvalue weighted by molar-refractivity contribution is 7.31. The molecule has 0 fully saturated rings. The van der Waals surface area contributed by atoms with Crippen molar-refractivity contribution < 1.29 is 13.6 Å². The number of rotatable bonds is 24. The lowest BCUT2D eigenvalue weighted by Crippen LogP contribution is -2.42. The molecule has 0 radical (unpaired) electrons. The Morgan fingerprint density at radius 1 is 0.562 bits per heavy atom. The number of unbranched alkanes of at least 4 members (excludes halogenated alkanes) is 18. The van der Waals surface area contributed by atoms with E-state index in [1.807, 2.05) is 21.1 Å². The minimum atomic E-state index is -2.36. The van der Waals surface area contributed by atoms with Gasteiger partial charge in [-0.05, 0) is 19.3 Å². The van der Waals surface area contributed by atoms with E-state index in [2.05, 4.69) is 19.1 Å². The van der Waals surface area contributed by atoms with Crippen LogP contribution in [0.3, 0.4) is 0 Å². The molecule has 0 aromatic carbocycles. The first-order valence-electron chi connectivity index (χ1n) is 14.0. The molecular formula is C28H57NO2P+. The van der Waals surface area contributed by atoms with E-state index in [0.29, 0.717) is 4.48 Å². The average molecular weight is 471 g/mol. The van der Waals surface area contributed by atoms with E-state index in [-0.39, 0.29) is 5.78 Å². The molecule has 0 aliphatic carbocycles. The lowest BCUT2D eigenvalue weighted by atomic mass is 10.0. The van der Waals surface area contributed by atoms with Crippen molar-refractivity contribution in [1.29, 1.82) is 0 Å². The van der Waals surface area contributed by atoms with E-state index >= 15 is 0 Å². The zero-order valence-corrected chi connectivity index (χ0v) is 23.2. The molecule has 4 heteroatoms. The van der Waals surface area contributed by atoms with Crippen LogP contribution < -0.4 is 0 Å². The summed E-state index contributed by atoms with van der Waals surface area (Å²) >= 11 is 0. The molecule has 0 saturated heterocycles. The summed E-state index contributed by atoms with van der Waals surface area (Å²) in [6.45, 7) is 2.29. The highest BCUT2D eigenvalue weighted by atomic mass is 31.1. The van der Waals surface area contributed by atoms with Crippen LogP contribution in [0, 0.1) is 0 Å². The summed E-state index contributed by atoms with van der Waals surface area (Å²) in [5, 5.41) is 0. The quantitative estimate of drug-likeness (QED) is 0.0608. The number of allylic oxidation sites excluding steroid dienone is 2. The molecule has 1 atom stereocenters. The summed E-state index contributed by atoms with van der Waals surface area (Å²) in [6.07, 6.45) is 32.6. The van der Waals surface area contributed by atoms with Gasteiger partial charge in [-0.1, -0.05) is 128 Å². The monoisotopic (exact) mass is 470 g/mol. The van der Waals surface area contributed by atoms with Crippen LogP contribution in [0.2, 0.25) is 0 Å². The lowest BCUT2D eigenvalue weighted by Gasteiger charge is -2.28. The van der Waals surface area contributed by atoms with Crippen molar-refractivity contribution >= 4 is 7.68 Å². The molecule has 0 saturated carbocycles. The van der Waals surface area contributed by atoms with Crippen molar-refractivity contribution in [2.45, 2.75) is 148 Å². The fourth-order valence-electron chi connectivity index (χ4n) is 4.42. The Morgan fingerprint density at radius 2 is 0.906 bits per heavy atom. The second kappa shape index (κ2) is 22.4. The smallest absolute Gasteiger partial charge is 0.317 e. The standard InChI is InChI=1S/C28H57NO2P/c1-5-6-7-8-9-10-11-12-13-14-15-16-17-18-19-20-21-22-23-24-25-26-27-28(32(30)31)29(2,3)4/h24-25,28H,5-23,26-27H2,1-4H3/q+1. The van der Waals surface area contributed by atoms with Crippen molar-refractivity contribution in [3.05, 3.63) is 12.2 Å². The van der Waals surface area contributed by atoms with Gasteiger partial charge in [0.2, 0.25) is 0 Å². The first kappa shape index (κ1) is 31.6. The van der Waals surface area contributed by atoms with Crippen molar-refractivity contribution in [2.75, 3.05) is 21.1 Å². The third kappa shape index (κ3) is 21.4. The average Bonchev–Trinajstić information content (AvgIpc) is 2.73. The van der Waals surface area contributed by atoms with E-state index < -0.39 is 7.68 Å². The Balaban J connectivity index is 3.30. The molecule has 0 amide bonds. The third-order valence-corrected chi connectivity index (χ3v) is 8.06. The van der Waals surface area contributed by atoms with Crippen LogP contribution in [0.4, 0.5) is 0 Å². The van der Waals surface area contributed by atoms with Crippen molar-refractivity contribution in [1.82, 2.24) is 0 Å². The Labute approximate surface area is 202 Å². The predicted molar refractivity (Wildman–Crippen MR) is 142 cm³/mol. The molecule has 0 aliphatic rings. The predicted octanol–water partition coefficient (Wildman–Crippen LogP) is 9.96. The molecule has 3 nitrogen and oxygen atoms in total. The van der Waals surface area contributed by atoms with Gasteiger partial charge in [0.25, 0.3) is 0 Å². The van der Waals surface area contributed by atoms with Crippen molar-refractivity contribution in [3.8, 4) is 0 Å². The zero-order valence-electron chi connectivity index (χ0n) is 22.3. The molecule has 0 heterocycles. The van der Waals surface area contributed by atoms with Crippen molar-refractivity contribution in [3.63, 3.8) is 0 Å². The molecule has 0 aliphatic heterocycles. The highest BCUT2D eigenvalue weighted by Gasteiger charge is 2.28. The van der Waals surface area contributed by atoms with E-state index in [1.54, 1.807) is 0 Å². The second-order valence-electron chi connectivity index (χ2n) is 10.7. The summed E-state index contributed by atoms with van der Waals surface area (Å²) < 4.78 is 23.3. The summed E-state index contributed by atoms with van der Waals surface area (Å²) in [5.74, 6) is -0.278. The van der Waals surface area contributed by atoms with E-state index in [0.717, 1.165) is 19.3 Å². The fourth-order valence-corrected chi connectivity index (χ4v) is 5.35. The topological polar surface area (TPSA) is 34.1 Å². The minimum absolute atomic E-state index is 0.278. The van der Waals surface area contributed by atoms with Gasteiger partial charge in [-0.2, -0.15) is 0 Å². The van der Waals surface area contributed by atoms with Crippen LogP contribution in [0.1, 0.15) is 142 Å². The van der Waals surface area contributed by atoms with Crippen molar-refractivity contribution in [2.24, 2.45) is 0 Å². The van der Waals surface area contributed by atoms with Crippen LogP contribution >= 0.6 is 7.68 Å². The van der Waals surface area contributed by atoms with Gasteiger partial charge in [0.1, 0.15) is 0 Å². The van der Waals surface area contributed by atoms with E-state index in [1.165, 1.54) is 116 Å². The van der Waals surface area contributed by atoms with Crippen LogP contribution in [0.25, 0.3) is 0 Å². The lowest BCUT2D eigenvalue weighted by molar-refractivity contribution is -0.882. The Bertz CT molecular complexity index is 486. The van der Waals surface area contributed by atoms with Crippen LogP contribution in [0.15, 0.2) is 12.2 Å². The molecule has 0 rings (SSSR count). The summed E-state index contributed by atoms with van der Waals surface area (Å²) in [6, 6.07) is 0. The molecule has 1 unspecified atom stereocenters. The van der Waals surface area contributed by atoms with Crippen LogP contribution in [0.5, 0.6) is 0 Å². The third-order valence-electron chi connectivity index (χ3n) is 6.62. The molecular weight excluding hydrogens is 413 g/mol. The summed E-state index contributed by atoms with van der Waals surface area (Å²) in [4.78, 5) is 0. The van der Waals surface area contributed by atoms with Gasteiger partial charge in [-0.3, -0.25) is 0 Å². The molecule has 0 aromatic rings. The maximum atomic E-state index is 11.4.